The number of pyridine rings is 1. The summed E-state index contributed by atoms with van der Waals surface area (Å²) >= 11 is 0. The predicted molar refractivity (Wildman–Crippen MR) is 66.1 cm³/mol. The molecule has 4 heteroatoms. The van der Waals surface area contributed by atoms with Crippen molar-refractivity contribution in [3.8, 4) is 0 Å². The van der Waals surface area contributed by atoms with Crippen molar-refractivity contribution >= 4 is 0 Å². The quantitative estimate of drug-likeness (QED) is 0.866. The van der Waals surface area contributed by atoms with Gasteiger partial charge in [-0.1, -0.05) is 13.8 Å². The summed E-state index contributed by atoms with van der Waals surface area (Å²) in [5, 5.41) is 3.41. The molecule has 3 nitrogen and oxygen atoms in total. The van der Waals surface area contributed by atoms with Gasteiger partial charge in [0, 0.05) is 38.4 Å². The highest BCUT2D eigenvalue weighted by molar-refractivity contribution is 5.10. The van der Waals surface area contributed by atoms with E-state index >= 15 is 0 Å². The summed E-state index contributed by atoms with van der Waals surface area (Å²) in [5.74, 6) is 0.350. The van der Waals surface area contributed by atoms with E-state index in [-0.39, 0.29) is 5.82 Å². The molecule has 0 bridgehead atoms. The molecule has 94 valence electrons. The van der Waals surface area contributed by atoms with Crippen LogP contribution in [0.1, 0.15) is 19.4 Å². The fraction of sp³-hybridized carbons (Fsp3) is 0.615. The highest BCUT2D eigenvalue weighted by atomic mass is 19.1. The van der Waals surface area contributed by atoms with Crippen molar-refractivity contribution in [3.63, 3.8) is 0 Å². The van der Waals surface area contributed by atoms with Gasteiger partial charge in [-0.15, -0.1) is 0 Å². The SMILES string of the molecule is CC(C)C1CNCCN1Cc1cncc(F)c1. The largest absolute Gasteiger partial charge is 0.314 e. The molecule has 1 aromatic heterocycles. The van der Waals surface area contributed by atoms with E-state index in [1.165, 1.54) is 6.20 Å². The van der Waals surface area contributed by atoms with Gasteiger partial charge < -0.3 is 5.32 Å². The molecular weight excluding hydrogens is 217 g/mol. The molecule has 1 aromatic rings. The van der Waals surface area contributed by atoms with Gasteiger partial charge in [-0.05, 0) is 17.5 Å². The zero-order chi connectivity index (χ0) is 12.3. The molecule has 1 aliphatic heterocycles. The van der Waals surface area contributed by atoms with E-state index in [0.717, 1.165) is 31.7 Å². The lowest BCUT2D eigenvalue weighted by atomic mass is 10.00. The van der Waals surface area contributed by atoms with Crippen LogP contribution in [0.4, 0.5) is 4.39 Å². The highest BCUT2D eigenvalue weighted by Gasteiger charge is 2.24. The minimum Gasteiger partial charge on any atom is -0.314 e. The number of piperazine rings is 1. The average molecular weight is 237 g/mol. The minimum atomic E-state index is -0.251. The van der Waals surface area contributed by atoms with Crippen LogP contribution in [0.15, 0.2) is 18.5 Å². The van der Waals surface area contributed by atoms with Crippen LogP contribution in [0.25, 0.3) is 0 Å². The summed E-state index contributed by atoms with van der Waals surface area (Å²) in [6.45, 7) is 8.28. The molecule has 2 rings (SSSR count). The maximum absolute atomic E-state index is 13.1. The van der Waals surface area contributed by atoms with Crippen molar-refractivity contribution in [1.82, 2.24) is 15.2 Å². The van der Waals surface area contributed by atoms with E-state index in [4.69, 9.17) is 0 Å². The molecule has 0 radical (unpaired) electrons. The first-order valence-corrected chi connectivity index (χ1v) is 6.21. The standard InChI is InChI=1S/C13H20FN3/c1-10(2)13-8-15-3-4-17(13)9-11-5-12(14)7-16-6-11/h5-7,10,13,15H,3-4,8-9H2,1-2H3. The third kappa shape index (κ3) is 3.23. The van der Waals surface area contributed by atoms with Gasteiger partial charge in [-0.3, -0.25) is 9.88 Å². The molecule has 1 aliphatic rings. The zero-order valence-corrected chi connectivity index (χ0v) is 10.5. The number of halogens is 1. The number of rotatable bonds is 3. The molecule has 1 N–H and O–H groups in total. The molecule has 1 fully saturated rings. The Bertz CT molecular complexity index is 367. The Labute approximate surface area is 102 Å². The van der Waals surface area contributed by atoms with Gasteiger partial charge in [-0.25, -0.2) is 4.39 Å². The van der Waals surface area contributed by atoms with Crippen LogP contribution in [0.5, 0.6) is 0 Å². The van der Waals surface area contributed by atoms with E-state index < -0.39 is 0 Å². The monoisotopic (exact) mass is 237 g/mol. The number of nitrogens with zero attached hydrogens (tertiary/aromatic N) is 2. The van der Waals surface area contributed by atoms with E-state index in [1.54, 1.807) is 12.3 Å². The van der Waals surface area contributed by atoms with Crippen LogP contribution >= 0.6 is 0 Å². The molecular formula is C13H20FN3. The number of nitrogens with one attached hydrogen (secondary N) is 1. The van der Waals surface area contributed by atoms with Crippen LogP contribution in [-0.4, -0.2) is 35.6 Å². The topological polar surface area (TPSA) is 28.2 Å². The number of hydrogen-bond donors (Lipinski definition) is 1. The Morgan fingerprint density at radius 3 is 3.06 bits per heavy atom. The third-order valence-corrected chi connectivity index (χ3v) is 3.32. The summed E-state index contributed by atoms with van der Waals surface area (Å²) in [7, 11) is 0. The fourth-order valence-corrected chi connectivity index (χ4v) is 2.40. The summed E-state index contributed by atoms with van der Waals surface area (Å²) in [6, 6.07) is 2.10. The first-order chi connectivity index (χ1) is 8.16. The van der Waals surface area contributed by atoms with Crippen LogP contribution < -0.4 is 5.32 Å². The summed E-state index contributed by atoms with van der Waals surface area (Å²) < 4.78 is 13.1. The molecule has 0 saturated carbocycles. The zero-order valence-electron chi connectivity index (χ0n) is 10.5. The van der Waals surface area contributed by atoms with Crippen molar-refractivity contribution in [2.24, 2.45) is 5.92 Å². The molecule has 0 aliphatic carbocycles. The van der Waals surface area contributed by atoms with Gasteiger partial charge in [-0.2, -0.15) is 0 Å². The van der Waals surface area contributed by atoms with E-state index in [2.05, 4.69) is 29.0 Å². The predicted octanol–water partition coefficient (Wildman–Crippen LogP) is 1.65. The van der Waals surface area contributed by atoms with E-state index in [0.29, 0.717) is 12.0 Å². The van der Waals surface area contributed by atoms with Crippen LogP contribution in [0, 0.1) is 11.7 Å². The number of aromatic nitrogens is 1. The fourth-order valence-electron chi connectivity index (χ4n) is 2.40. The van der Waals surface area contributed by atoms with Crippen molar-refractivity contribution < 1.29 is 4.39 Å². The molecule has 0 spiro atoms. The lowest BCUT2D eigenvalue weighted by Gasteiger charge is -2.38. The van der Waals surface area contributed by atoms with Crippen LogP contribution in [0.2, 0.25) is 0 Å². The van der Waals surface area contributed by atoms with Crippen molar-refractivity contribution in [2.75, 3.05) is 19.6 Å². The van der Waals surface area contributed by atoms with E-state index in [9.17, 15) is 4.39 Å². The Kier molecular flexibility index (Phi) is 4.07. The lowest BCUT2D eigenvalue weighted by Crippen LogP contribution is -2.52. The van der Waals surface area contributed by atoms with Gasteiger partial charge in [0.1, 0.15) is 5.82 Å². The average Bonchev–Trinajstić information content (AvgIpc) is 2.29. The second kappa shape index (κ2) is 5.56. The maximum atomic E-state index is 13.1. The van der Waals surface area contributed by atoms with Crippen molar-refractivity contribution in [1.29, 1.82) is 0 Å². The highest BCUT2D eigenvalue weighted by Crippen LogP contribution is 2.16. The first kappa shape index (κ1) is 12.5. The molecule has 17 heavy (non-hydrogen) atoms. The molecule has 0 aromatic carbocycles. The second-order valence-electron chi connectivity index (χ2n) is 5.00. The van der Waals surface area contributed by atoms with Gasteiger partial charge >= 0.3 is 0 Å². The van der Waals surface area contributed by atoms with Crippen LogP contribution in [-0.2, 0) is 6.54 Å². The maximum Gasteiger partial charge on any atom is 0.141 e. The van der Waals surface area contributed by atoms with Crippen molar-refractivity contribution in [3.05, 3.63) is 29.8 Å². The first-order valence-electron chi connectivity index (χ1n) is 6.21. The molecule has 0 amide bonds. The Morgan fingerprint density at radius 2 is 2.35 bits per heavy atom. The summed E-state index contributed by atoms with van der Waals surface area (Å²) in [6.07, 6.45) is 3.00. The van der Waals surface area contributed by atoms with E-state index in [1.807, 2.05) is 0 Å². The Morgan fingerprint density at radius 1 is 1.53 bits per heavy atom. The minimum absolute atomic E-state index is 0.251. The van der Waals surface area contributed by atoms with Gasteiger partial charge in [0.15, 0.2) is 0 Å². The second-order valence-corrected chi connectivity index (χ2v) is 5.00. The molecule has 1 atom stereocenters. The normalized spacial score (nSPS) is 22.0. The van der Waals surface area contributed by atoms with Gasteiger partial charge in [0.25, 0.3) is 0 Å². The molecule has 1 saturated heterocycles. The Balaban J connectivity index is 2.05. The van der Waals surface area contributed by atoms with Crippen LogP contribution in [0.3, 0.4) is 0 Å². The lowest BCUT2D eigenvalue weighted by molar-refractivity contribution is 0.117. The third-order valence-electron chi connectivity index (χ3n) is 3.32. The van der Waals surface area contributed by atoms with Crippen molar-refractivity contribution in [2.45, 2.75) is 26.4 Å². The van der Waals surface area contributed by atoms with Gasteiger partial charge in [0.05, 0.1) is 6.20 Å². The molecule has 1 unspecified atom stereocenters. The summed E-state index contributed by atoms with van der Waals surface area (Å²) in [4.78, 5) is 6.32. The molecule has 2 heterocycles. The van der Waals surface area contributed by atoms with Gasteiger partial charge in [0.2, 0.25) is 0 Å². The smallest absolute Gasteiger partial charge is 0.141 e. The number of hydrogen-bond acceptors (Lipinski definition) is 3. The summed E-state index contributed by atoms with van der Waals surface area (Å²) in [5.41, 5.74) is 0.956. The Hall–Kier alpha value is -1.00.